The molecule has 3 N–H and O–H groups in total. The number of carbonyl (C=O) groups excluding carboxylic acids is 1. The maximum Gasteiger partial charge on any atom is 0.472 e. The lowest BCUT2D eigenvalue weighted by Crippen LogP contribution is -2.46. The quantitative estimate of drug-likeness (QED) is 0.0243. The van der Waals surface area contributed by atoms with Gasteiger partial charge in [0.15, 0.2) is 0 Å². The smallest absolute Gasteiger partial charge is 0.391 e. The maximum atomic E-state index is 13.0. The number of aliphatic hydroxyl groups excluding tert-OH is 1. The van der Waals surface area contributed by atoms with Crippen molar-refractivity contribution in [2.45, 2.75) is 341 Å². The molecule has 0 saturated carbocycles. The summed E-state index contributed by atoms with van der Waals surface area (Å²) in [5.41, 5.74) is 0. The lowest BCUT2D eigenvalue weighted by atomic mass is 10.0. The van der Waals surface area contributed by atoms with Crippen molar-refractivity contribution in [1.29, 1.82) is 0 Å². The van der Waals surface area contributed by atoms with Crippen molar-refractivity contribution in [1.82, 2.24) is 5.32 Å². The first-order valence-corrected chi connectivity index (χ1v) is 34.3. The molecule has 0 aromatic rings. The molecule has 0 aliphatic rings. The van der Waals surface area contributed by atoms with Crippen LogP contribution in [0.1, 0.15) is 328 Å². The van der Waals surface area contributed by atoms with E-state index in [1.807, 2.05) is 21.1 Å². The van der Waals surface area contributed by atoms with E-state index < -0.39 is 20.0 Å². The van der Waals surface area contributed by atoms with Crippen LogP contribution in [0.15, 0.2) is 36.5 Å². The lowest BCUT2D eigenvalue weighted by Gasteiger charge is -2.26. The van der Waals surface area contributed by atoms with Gasteiger partial charge in [0.2, 0.25) is 5.91 Å². The van der Waals surface area contributed by atoms with Crippen LogP contribution in [0, 0.1) is 0 Å². The number of amides is 1. The Labute approximate surface area is 467 Å². The molecule has 0 radical (unpaired) electrons. The number of phosphoric acid groups is 1. The van der Waals surface area contributed by atoms with Crippen LogP contribution < -0.4 is 5.32 Å². The van der Waals surface area contributed by atoms with E-state index in [2.05, 4.69) is 55.6 Å². The zero-order valence-corrected chi connectivity index (χ0v) is 51.7. The topological polar surface area (TPSA) is 105 Å². The molecule has 0 saturated heterocycles. The molecule has 0 aromatic carbocycles. The second-order valence-electron chi connectivity index (χ2n) is 23.9. The van der Waals surface area contributed by atoms with Gasteiger partial charge in [0, 0.05) is 6.42 Å². The van der Waals surface area contributed by atoms with E-state index in [4.69, 9.17) is 9.05 Å². The fourth-order valence-electron chi connectivity index (χ4n) is 10.00. The van der Waals surface area contributed by atoms with Gasteiger partial charge in [-0.3, -0.25) is 13.8 Å². The van der Waals surface area contributed by atoms with Gasteiger partial charge in [0.05, 0.1) is 39.9 Å². The number of nitrogens with one attached hydrogen (secondary N) is 1. The van der Waals surface area contributed by atoms with Crippen LogP contribution in [-0.4, -0.2) is 73.4 Å². The first-order chi connectivity index (χ1) is 36.5. The summed E-state index contributed by atoms with van der Waals surface area (Å²) in [7, 11) is 1.63. The summed E-state index contributed by atoms with van der Waals surface area (Å²) in [5, 5.41) is 14.1. The monoisotopic (exact) mass is 1080 g/mol. The Bertz CT molecular complexity index is 1320. The lowest BCUT2D eigenvalue weighted by molar-refractivity contribution is -0.870. The Morgan fingerprint density at radius 3 is 1.11 bits per heavy atom. The molecule has 0 rings (SSSR count). The predicted molar refractivity (Wildman–Crippen MR) is 328 cm³/mol. The number of aliphatic hydroxyl groups is 1. The summed E-state index contributed by atoms with van der Waals surface area (Å²) in [6.07, 6.45) is 75.1. The van der Waals surface area contributed by atoms with Crippen LogP contribution >= 0.6 is 7.82 Å². The number of hydrogen-bond acceptors (Lipinski definition) is 5. The second-order valence-corrected chi connectivity index (χ2v) is 25.3. The van der Waals surface area contributed by atoms with Crippen LogP contribution in [0.5, 0.6) is 0 Å². The second kappa shape index (κ2) is 57.4. The van der Waals surface area contributed by atoms with Crippen molar-refractivity contribution >= 4 is 13.7 Å². The van der Waals surface area contributed by atoms with E-state index in [0.717, 1.165) is 51.4 Å². The minimum Gasteiger partial charge on any atom is -0.391 e. The van der Waals surface area contributed by atoms with E-state index in [1.165, 1.54) is 250 Å². The normalized spacial score (nSPS) is 14.0. The van der Waals surface area contributed by atoms with Crippen LogP contribution in [0.25, 0.3) is 0 Å². The minimum absolute atomic E-state index is 0.0765. The first kappa shape index (κ1) is 73.7. The highest BCUT2D eigenvalue weighted by molar-refractivity contribution is 7.47. The summed E-state index contributed by atoms with van der Waals surface area (Å²) >= 11 is 0. The molecule has 0 aliphatic carbocycles. The van der Waals surface area contributed by atoms with Crippen molar-refractivity contribution in [3.63, 3.8) is 0 Å². The Morgan fingerprint density at radius 1 is 0.453 bits per heavy atom. The number of quaternary nitrogens is 1. The van der Waals surface area contributed by atoms with Crippen molar-refractivity contribution in [2.75, 3.05) is 40.9 Å². The van der Waals surface area contributed by atoms with Gasteiger partial charge in [-0.1, -0.05) is 307 Å². The summed E-state index contributed by atoms with van der Waals surface area (Å²) in [6.45, 7) is 4.92. The van der Waals surface area contributed by atoms with Gasteiger partial charge >= 0.3 is 7.82 Å². The van der Waals surface area contributed by atoms with Crippen molar-refractivity contribution < 1.29 is 32.9 Å². The number of hydrogen-bond donors (Lipinski definition) is 3. The van der Waals surface area contributed by atoms with Gasteiger partial charge < -0.3 is 19.8 Å². The number of carbonyl (C=O) groups is 1. The van der Waals surface area contributed by atoms with Gasteiger partial charge in [-0.2, -0.15) is 0 Å². The van der Waals surface area contributed by atoms with Gasteiger partial charge in [-0.05, 0) is 51.4 Å². The molecule has 9 heteroatoms. The number of nitrogens with zero attached hydrogens (tertiary/aromatic N) is 1. The summed E-state index contributed by atoms with van der Waals surface area (Å²) < 4.78 is 23.9. The zero-order valence-electron chi connectivity index (χ0n) is 50.8. The maximum absolute atomic E-state index is 13.0. The molecule has 8 nitrogen and oxygen atoms in total. The average molecular weight is 1080 g/mol. The number of likely N-dealkylation sites (N-methyl/N-ethyl adjacent to an activating group) is 1. The Kier molecular flexibility index (Phi) is 56.4. The predicted octanol–water partition coefficient (Wildman–Crippen LogP) is 20.5. The van der Waals surface area contributed by atoms with E-state index in [9.17, 15) is 19.4 Å². The molecule has 0 aliphatic heterocycles. The van der Waals surface area contributed by atoms with E-state index in [0.29, 0.717) is 23.9 Å². The zero-order chi connectivity index (χ0) is 54.9. The molecule has 0 spiro atoms. The largest absolute Gasteiger partial charge is 0.472 e. The standard InChI is InChI=1S/C66H129N2O6P/c1-6-8-10-12-14-16-18-20-22-24-26-28-29-30-31-32-33-34-35-36-37-38-39-40-42-44-46-48-50-52-54-56-58-60-66(70)67-64(63-74-75(71,72)73-62-61-68(3,4)5)65(69)59-57-55-53-51-49-47-45-43-41-27-25-23-21-19-17-15-13-11-9-7-2/h18,20,24,26,29-30,64-65,69H,6-17,19,21-23,25,27-28,31-63H2,1-5H3,(H-,67,70,71,72)/p+1/b20-18-,26-24-,30-29-. The molecule has 1 amide bonds. The molecule has 0 fully saturated rings. The molecule has 0 heterocycles. The third-order valence-electron chi connectivity index (χ3n) is 15.1. The van der Waals surface area contributed by atoms with Crippen LogP contribution in [0.2, 0.25) is 0 Å². The van der Waals surface area contributed by atoms with Crippen LogP contribution in [0.4, 0.5) is 0 Å². The van der Waals surface area contributed by atoms with Gasteiger partial charge in [-0.25, -0.2) is 4.57 Å². The first-order valence-electron chi connectivity index (χ1n) is 32.9. The third kappa shape index (κ3) is 60.2. The molecule has 3 unspecified atom stereocenters. The number of rotatable bonds is 61. The van der Waals surface area contributed by atoms with Crippen molar-refractivity contribution in [2.24, 2.45) is 0 Å². The molecule has 444 valence electrons. The number of unbranched alkanes of at least 4 members (excludes halogenated alkanes) is 42. The number of allylic oxidation sites excluding steroid dienone is 6. The Morgan fingerprint density at radius 2 is 0.760 bits per heavy atom. The van der Waals surface area contributed by atoms with Crippen LogP contribution in [0.3, 0.4) is 0 Å². The minimum atomic E-state index is -4.33. The highest BCUT2D eigenvalue weighted by Crippen LogP contribution is 2.43. The fourth-order valence-corrected chi connectivity index (χ4v) is 10.7. The highest BCUT2D eigenvalue weighted by Gasteiger charge is 2.28. The molecule has 0 aromatic heterocycles. The molecule has 75 heavy (non-hydrogen) atoms. The van der Waals surface area contributed by atoms with Crippen molar-refractivity contribution in [3.05, 3.63) is 36.5 Å². The van der Waals surface area contributed by atoms with E-state index >= 15 is 0 Å². The van der Waals surface area contributed by atoms with E-state index in [-0.39, 0.29) is 19.1 Å². The molecular weight excluding hydrogens is 948 g/mol. The van der Waals surface area contributed by atoms with Gasteiger partial charge in [-0.15, -0.1) is 0 Å². The fraction of sp³-hybridized carbons (Fsp3) is 0.894. The Hall–Kier alpha value is -1.28. The SMILES string of the molecule is CCCCCCC/C=C\C/C=C\C/C=C\CCCCCCCCCCCCCCCCCCCCC(=O)NC(COP(=O)(O)OCC[N+](C)(C)C)C(O)CCCCCCCCCCCCCCCCCCCCCC. The summed E-state index contributed by atoms with van der Waals surface area (Å²) in [4.78, 5) is 23.4. The highest BCUT2D eigenvalue weighted by atomic mass is 31.2. The molecule has 0 bridgehead atoms. The van der Waals surface area contributed by atoms with Crippen molar-refractivity contribution in [3.8, 4) is 0 Å². The average Bonchev–Trinajstić information content (AvgIpc) is 3.37. The summed E-state index contributed by atoms with van der Waals surface area (Å²) in [5.74, 6) is -0.138. The Balaban J connectivity index is 4.01. The van der Waals surface area contributed by atoms with Gasteiger partial charge in [0.1, 0.15) is 13.2 Å². The summed E-state index contributed by atoms with van der Waals surface area (Å²) in [6, 6.07) is -0.760. The van der Waals surface area contributed by atoms with Gasteiger partial charge in [0.25, 0.3) is 0 Å². The molecule has 3 atom stereocenters. The third-order valence-corrected chi connectivity index (χ3v) is 16.1. The number of phosphoric ester groups is 1. The van der Waals surface area contributed by atoms with Crippen LogP contribution in [-0.2, 0) is 18.4 Å². The van der Waals surface area contributed by atoms with E-state index in [1.54, 1.807) is 0 Å². The molecular formula is C66H130N2O6P+.